The summed E-state index contributed by atoms with van der Waals surface area (Å²) in [5.74, 6) is -0.0262. The van der Waals surface area contributed by atoms with Crippen molar-refractivity contribution < 1.29 is 13.6 Å². The molecule has 0 aromatic rings. The molecule has 0 aliphatic rings. The minimum Gasteiger partial charge on any atom is -0.409 e. The van der Waals surface area contributed by atoms with E-state index in [-0.39, 0.29) is 12.4 Å². The molecule has 0 aromatic heterocycles. The first-order chi connectivity index (χ1) is 6.75. The van der Waals surface area contributed by atoms with E-state index >= 15 is 0 Å². The molecule has 0 saturated heterocycles. The molecule has 7 nitrogen and oxygen atoms in total. The number of nitrogens with one attached hydrogen (secondary N) is 2. The van der Waals surface area contributed by atoms with Gasteiger partial charge in [0, 0.05) is 18.5 Å². The quantitative estimate of drug-likeness (QED) is 0.210. The van der Waals surface area contributed by atoms with Gasteiger partial charge in [0.1, 0.15) is 5.84 Å². The van der Waals surface area contributed by atoms with Gasteiger partial charge in [-0.1, -0.05) is 25.9 Å². The Morgan fingerprint density at radius 1 is 1.47 bits per heavy atom. The summed E-state index contributed by atoms with van der Waals surface area (Å²) in [5.41, 5.74) is 4.66. The molecule has 8 heteroatoms. The smallest absolute Gasteiger partial charge is 0.276 e. The molecule has 0 fully saturated rings. The second kappa shape index (κ2) is 5.29. The van der Waals surface area contributed by atoms with Crippen molar-refractivity contribution in [2.45, 2.75) is 20.8 Å². The number of hydrogen-bond acceptors (Lipinski definition) is 4. The van der Waals surface area contributed by atoms with Crippen molar-refractivity contribution in [3.63, 3.8) is 0 Å². The Hall–Kier alpha value is -0.860. The van der Waals surface area contributed by atoms with Crippen LogP contribution < -0.4 is 15.2 Å². The number of hydrogen-bond donors (Lipinski definition) is 4. The highest BCUT2D eigenvalue weighted by Gasteiger charge is 2.25. The summed E-state index contributed by atoms with van der Waals surface area (Å²) in [6.07, 6.45) is 0. The molecule has 0 aliphatic heterocycles. The van der Waals surface area contributed by atoms with Gasteiger partial charge in [0.15, 0.2) is 0 Å². The van der Waals surface area contributed by atoms with Crippen LogP contribution in [-0.4, -0.2) is 32.6 Å². The molecule has 5 N–H and O–H groups in total. The van der Waals surface area contributed by atoms with E-state index in [4.69, 9.17) is 10.9 Å². The van der Waals surface area contributed by atoms with Gasteiger partial charge in [0.2, 0.25) is 0 Å². The van der Waals surface area contributed by atoms with Crippen LogP contribution in [0.4, 0.5) is 0 Å². The zero-order chi connectivity index (χ0) is 12.1. The molecule has 0 heterocycles. The fourth-order valence-corrected chi connectivity index (χ4v) is 1.78. The predicted octanol–water partition coefficient (Wildman–Crippen LogP) is -0.797. The van der Waals surface area contributed by atoms with Crippen LogP contribution in [0.2, 0.25) is 0 Å². The number of amidine groups is 1. The van der Waals surface area contributed by atoms with Gasteiger partial charge in [0.05, 0.1) is 0 Å². The second-order valence-electron chi connectivity index (χ2n) is 3.69. The third kappa shape index (κ3) is 4.96. The van der Waals surface area contributed by atoms with Crippen LogP contribution in [0.25, 0.3) is 0 Å². The summed E-state index contributed by atoms with van der Waals surface area (Å²) < 4.78 is 27.0. The number of nitrogens with zero attached hydrogens (tertiary/aromatic N) is 1. The molecule has 0 radical (unpaired) electrons. The van der Waals surface area contributed by atoms with Crippen molar-refractivity contribution in [3.05, 3.63) is 0 Å². The van der Waals surface area contributed by atoms with Gasteiger partial charge in [-0.05, 0) is 0 Å². The number of nitrogens with two attached hydrogens (primary N) is 1. The summed E-state index contributed by atoms with van der Waals surface area (Å²) in [6, 6.07) is 0. The first kappa shape index (κ1) is 14.1. The summed E-state index contributed by atoms with van der Waals surface area (Å²) in [7, 11) is -3.50. The zero-order valence-electron chi connectivity index (χ0n) is 9.11. The third-order valence-electron chi connectivity index (χ3n) is 1.84. The zero-order valence-corrected chi connectivity index (χ0v) is 9.93. The maximum atomic E-state index is 11.2. The standard InChI is InChI=1S/C7H18N4O3S/c1-4-9-15(13,14)10-5-7(2,3)6(8)11-12/h9-10,12H,4-5H2,1-3H3,(H2,8,11). The van der Waals surface area contributed by atoms with Crippen molar-refractivity contribution in [1.82, 2.24) is 9.44 Å². The Labute approximate surface area is 89.9 Å². The molecule has 0 aliphatic carbocycles. The van der Waals surface area contributed by atoms with Crippen LogP contribution in [0.5, 0.6) is 0 Å². The third-order valence-corrected chi connectivity index (χ3v) is 3.03. The van der Waals surface area contributed by atoms with Crippen molar-refractivity contribution in [2.24, 2.45) is 16.3 Å². The van der Waals surface area contributed by atoms with Crippen molar-refractivity contribution >= 4 is 16.0 Å². The maximum absolute atomic E-state index is 11.2. The fourth-order valence-electron chi connectivity index (χ4n) is 0.742. The molecule has 0 rings (SSSR count). The van der Waals surface area contributed by atoms with Crippen LogP contribution in [0.1, 0.15) is 20.8 Å². The molecule has 90 valence electrons. The van der Waals surface area contributed by atoms with Gasteiger partial charge in [-0.3, -0.25) is 0 Å². The number of oxime groups is 1. The second-order valence-corrected chi connectivity index (χ2v) is 5.28. The van der Waals surface area contributed by atoms with E-state index in [9.17, 15) is 8.42 Å². The van der Waals surface area contributed by atoms with Gasteiger partial charge < -0.3 is 10.9 Å². The lowest BCUT2D eigenvalue weighted by Crippen LogP contribution is -2.46. The molecular formula is C7H18N4O3S. The topological polar surface area (TPSA) is 117 Å². The Kier molecular flexibility index (Phi) is 4.98. The highest BCUT2D eigenvalue weighted by molar-refractivity contribution is 7.87. The molecule has 0 amide bonds. The summed E-state index contributed by atoms with van der Waals surface area (Å²) in [6.45, 7) is 5.36. The van der Waals surface area contributed by atoms with E-state index in [1.54, 1.807) is 20.8 Å². The van der Waals surface area contributed by atoms with Gasteiger partial charge >= 0.3 is 0 Å². The van der Waals surface area contributed by atoms with Gasteiger partial charge in [-0.25, -0.2) is 9.44 Å². The largest absolute Gasteiger partial charge is 0.409 e. The Morgan fingerprint density at radius 3 is 2.40 bits per heavy atom. The average Bonchev–Trinajstić information content (AvgIpc) is 2.14. The normalized spacial score (nSPS) is 14.2. The Balaban J connectivity index is 4.40. The first-order valence-electron chi connectivity index (χ1n) is 4.47. The molecule has 0 spiro atoms. The SMILES string of the molecule is CCNS(=O)(=O)NCC(C)(C)C(N)=NO. The van der Waals surface area contributed by atoms with Crippen LogP contribution in [0, 0.1) is 5.41 Å². The van der Waals surface area contributed by atoms with Crippen molar-refractivity contribution in [1.29, 1.82) is 0 Å². The van der Waals surface area contributed by atoms with Crippen LogP contribution in [-0.2, 0) is 10.2 Å². The van der Waals surface area contributed by atoms with E-state index in [0.717, 1.165) is 0 Å². The Morgan fingerprint density at radius 2 is 2.00 bits per heavy atom. The van der Waals surface area contributed by atoms with E-state index < -0.39 is 15.6 Å². The monoisotopic (exact) mass is 238 g/mol. The van der Waals surface area contributed by atoms with E-state index in [1.807, 2.05) is 0 Å². The molecule has 0 unspecified atom stereocenters. The van der Waals surface area contributed by atoms with E-state index in [1.165, 1.54) is 0 Å². The average molecular weight is 238 g/mol. The molecule has 15 heavy (non-hydrogen) atoms. The Bertz CT molecular complexity index is 323. The van der Waals surface area contributed by atoms with Crippen LogP contribution >= 0.6 is 0 Å². The molecule has 0 aromatic carbocycles. The lowest BCUT2D eigenvalue weighted by atomic mass is 9.93. The summed E-state index contributed by atoms with van der Waals surface area (Å²) >= 11 is 0. The minimum absolute atomic E-state index is 0.0262. The van der Waals surface area contributed by atoms with E-state index in [2.05, 4.69) is 14.6 Å². The van der Waals surface area contributed by atoms with Gasteiger partial charge in [-0.2, -0.15) is 8.42 Å². The number of rotatable bonds is 6. The lowest BCUT2D eigenvalue weighted by Gasteiger charge is -2.22. The summed E-state index contributed by atoms with van der Waals surface area (Å²) in [4.78, 5) is 0. The van der Waals surface area contributed by atoms with Gasteiger partial charge in [-0.15, -0.1) is 0 Å². The van der Waals surface area contributed by atoms with Crippen LogP contribution in [0.3, 0.4) is 0 Å². The predicted molar refractivity (Wildman–Crippen MR) is 57.8 cm³/mol. The van der Waals surface area contributed by atoms with E-state index in [0.29, 0.717) is 6.54 Å². The fraction of sp³-hybridized carbons (Fsp3) is 0.857. The molecule has 0 bridgehead atoms. The summed E-state index contributed by atoms with van der Waals surface area (Å²) in [5, 5.41) is 11.3. The highest BCUT2D eigenvalue weighted by atomic mass is 32.2. The first-order valence-corrected chi connectivity index (χ1v) is 5.95. The molecular weight excluding hydrogens is 220 g/mol. The van der Waals surface area contributed by atoms with Crippen LogP contribution in [0.15, 0.2) is 5.16 Å². The highest BCUT2D eigenvalue weighted by Crippen LogP contribution is 2.13. The molecule has 0 saturated carbocycles. The lowest BCUT2D eigenvalue weighted by molar-refractivity contribution is 0.307. The van der Waals surface area contributed by atoms with Crippen molar-refractivity contribution in [2.75, 3.05) is 13.1 Å². The van der Waals surface area contributed by atoms with Crippen molar-refractivity contribution in [3.8, 4) is 0 Å². The van der Waals surface area contributed by atoms with Gasteiger partial charge in [0.25, 0.3) is 10.2 Å². The minimum atomic E-state index is -3.50. The maximum Gasteiger partial charge on any atom is 0.276 e. The molecule has 0 atom stereocenters.